The van der Waals surface area contributed by atoms with Crippen molar-refractivity contribution in [1.82, 2.24) is 4.98 Å². The molecule has 112 valence electrons. The second kappa shape index (κ2) is 5.64. The number of benzene rings is 1. The van der Waals surface area contributed by atoms with Crippen molar-refractivity contribution in [3.63, 3.8) is 0 Å². The van der Waals surface area contributed by atoms with Crippen LogP contribution < -0.4 is 4.90 Å². The maximum Gasteiger partial charge on any atom is 0.153 e. The average Bonchev–Trinajstić information content (AvgIpc) is 2.47. The molecule has 0 spiro atoms. The first-order valence-corrected chi connectivity index (χ1v) is 9.25. The number of anilines is 1. The van der Waals surface area contributed by atoms with E-state index in [1.54, 1.807) is 0 Å². The number of sulfone groups is 1. The van der Waals surface area contributed by atoms with Crippen LogP contribution in [-0.4, -0.2) is 38.0 Å². The number of hydrogen-bond donors (Lipinski definition) is 0. The van der Waals surface area contributed by atoms with Gasteiger partial charge in [0, 0.05) is 29.9 Å². The largest absolute Gasteiger partial charge is 0.369 e. The summed E-state index contributed by atoms with van der Waals surface area (Å²) >= 11 is 0. The van der Waals surface area contributed by atoms with Crippen molar-refractivity contribution < 1.29 is 8.42 Å². The van der Waals surface area contributed by atoms with E-state index in [9.17, 15) is 8.42 Å². The van der Waals surface area contributed by atoms with Crippen molar-refractivity contribution in [3.8, 4) is 0 Å². The second-order valence-electron chi connectivity index (χ2n) is 5.54. The van der Waals surface area contributed by atoms with Gasteiger partial charge < -0.3 is 4.90 Å². The number of pyridine rings is 1. The molecule has 4 nitrogen and oxygen atoms in total. The topological polar surface area (TPSA) is 50.3 Å². The van der Waals surface area contributed by atoms with Gasteiger partial charge in [0.15, 0.2) is 9.84 Å². The third-order valence-corrected chi connectivity index (χ3v) is 5.55. The van der Waals surface area contributed by atoms with E-state index in [1.165, 1.54) is 0 Å². The molecule has 1 saturated heterocycles. The molecule has 1 aliphatic heterocycles. The van der Waals surface area contributed by atoms with Gasteiger partial charge in [0.2, 0.25) is 0 Å². The molecular weight excluding hydrogens is 284 g/mol. The lowest BCUT2D eigenvalue weighted by molar-refractivity contribution is 0.587. The van der Waals surface area contributed by atoms with E-state index >= 15 is 0 Å². The molecule has 0 unspecified atom stereocenters. The molecule has 0 N–H and O–H groups in total. The predicted octanol–water partition coefficient (Wildman–Crippen LogP) is 2.42. The van der Waals surface area contributed by atoms with Gasteiger partial charge in [0.1, 0.15) is 0 Å². The molecule has 1 aliphatic rings. The Balaban J connectivity index is 2.04. The van der Waals surface area contributed by atoms with Crippen LogP contribution in [0.4, 0.5) is 5.69 Å². The SMILES string of the molecule is CCCc1cc(N2CCS(=O)(=O)CC2)c2ccccc2n1. The van der Waals surface area contributed by atoms with E-state index in [1.807, 2.05) is 18.2 Å². The first kappa shape index (κ1) is 14.3. The van der Waals surface area contributed by atoms with Gasteiger partial charge in [0.25, 0.3) is 0 Å². The Bertz CT molecular complexity index is 742. The minimum Gasteiger partial charge on any atom is -0.369 e. The zero-order valence-electron chi connectivity index (χ0n) is 12.2. The van der Waals surface area contributed by atoms with Crippen LogP contribution in [0.5, 0.6) is 0 Å². The van der Waals surface area contributed by atoms with Crippen LogP contribution in [0, 0.1) is 0 Å². The van der Waals surface area contributed by atoms with Gasteiger partial charge in [-0.25, -0.2) is 8.42 Å². The molecule has 3 rings (SSSR count). The standard InChI is InChI=1S/C16H20N2O2S/c1-2-5-13-12-16(14-6-3-4-7-15(14)17-13)18-8-10-21(19,20)11-9-18/h3-4,6-7,12H,2,5,8-11H2,1H3. The van der Waals surface area contributed by atoms with Crippen LogP contribution in [0.2, 0.25) is 0 Å². The Morgan fingerprint density at radius 3 is 2.62 bits per heavy atom. The van der Waals surface area contributed by atoms with Crippen LogP contribution in [0.3, 0.4) is 0 Å². The molecule has 0 saturated carbocycles. The summed E-state index contributed by atoms with van der Waals surface area (Å²) in [6.45, 7) is 3.29. The Morgan fingerprint density at radius 1 is 1.19 bits per heavy atom. The Hall–Kier alpha value is -1.62. The first-order valence-electron chi connectivity index (χ1n) is 7.43. The van der Waals surface area contributed by atoms with Gasteiger partial charge in [-0.3, -0.25) is 4.98 Å². The number of nitrogens with zero attached hydrogens (tertiary/aromatic N) is 2. The van der Waals surface area contributed by atoms with Crippen molar-refractivity contribution in [2.24, 2.45) is 0 Å². The van der Waals surface area contributed by atoms with Gasteiger partial charge in [0.05, 0.1) is 17.0 Å². The summed E-state index contributed by atoms with van der Waals surface area (Å²) in [7, 11) is -2.85. The average molecular weight is 304 g/mol. The molecule has 0 radical (unpaired) electrons. The zero-order chi connectivity index (χ0) is 14.9. The van der Waals surface area contributed by atoms with Gasteiger partial charge in [-0.15, -0.1) is 0 Å². The van der Waals surface area contributed by atoms with Crippen molar-refractivity contribution in [3.05, 3.63) is 36.0 Å². The van der Waals surface area contributed by atoms with Crippen molar-refractivity contribution in [2.75, 3.05) is 29.5 Å². The minimum absolute atomic E-state index is 0.243. The number of hydrogen-bond acceptors (Lipinski definition) is 4. The normalized spacial score (nSPS) is 18.0. The lowest BCUT2D eigenvalue weighted by Crippen LogP contribution is -2.40. The molecule has 2 heterocycles. The van der Waals surface area contributed by atoms with E-state index < -0.39 is 9.84 Å². The summed E-state index contributed by atoms with van der Waals surface area (Å²) in [5.41, 5.74) is 3.20. The maximum atomic E-state index is 11.6. The van der Waals surface area contributed by atoms with Crippen molar-refractivity contribution >= 4 is 26.4 Å². The molecule has 0 atom stereocenters. The van der Waals surface area contributed by atoms with E-state index in [2.05, 4.69) is 24.0 Å². The van der Waals surface area contributed by atoms with Crippen LogP contribution in [0.15, 0.2) is 30.3 Å². The molecular formula is C16H20N2O2S. The van der Waals surface area contributed by atoms with Gasteiger partial charge in [-0.2, -0.15) is 0 Å². The zero-order valence-corrected chi connectivity index (χ0v) is 13.1. The molecule has 21 heavy (non-hydrogen) atoms. The number of rotatable bonds is 3. The lowest BCUT2D eigenvalue weighted by atomic mass is 10.1. The predicted molar refractivity (Wildman–Crippen MR) is 86.6 cm³/mol. The van der Waals surface area contributed by atoms with Gasteiger partial charge in [-0.05, 0) is 18.6 Å². The molecule has 1 aromatic carbocycles. The Labute approximate surface area is 125 Å². The first-order chi connectivity index (χ1) is 10.1. The summed E-state index contributed by atoms with van der Waals surface area (Å²) in [5, 5.41) is 1.11. The molecule has 1 fully saturated rings. The molecule has 0 amide bonds. The molecule has 0 bridgehead atoms. The van der Waals surface area contributed by atoms with Crippen LogP contribution >= 0.6 is 0 Å². The number of aryl methyl sites for hydroxylation is 1. The Morgan fingerprint density at radius 2 is 1.90 bits per heavy atom. The minimum atomic E-state index is -2.85. The fourth-order valence-electron chi connectivity index (χ4n) is 2.81. The fourth-order valence-corrected chi connectivity index (χ4v) is 4.01. The lowest BCUT2D eigenvalue weighted by Gasteiger charge is -2.30. The van der Waals surface area contributed by atoms with E-state index in [0.29, 0.717) is 13.1 Å². The van der Waals surface area contributed by atoms with E-state index in [4.69, 9.17) is 4.98 Å². The van der Waals surface area contributed by atoms with Crippen molar-refractivity contribution in [1.29, 1.82) is 0 Å². The highest BCUT2D eigenvalue weighted by atomic mass is 32.2. The summed E-state index contributed by atoms with van der Waals surface area (Å²) in [6, 6.07) is 10.2. The second-order valence-corrected chi connectivity index (χ2v) is 7.84. The number of para-hydroxylation sites is 1. The molecule has 1 aromatic heterocycles. The highest BCUT2D eigenvalue weighted by molar-refractivity contribution is 7.91. The monoisotopic (exact) mass is 304 g/mol. The third kappa shape index (κ3) is 3.02. The summed E-state index contributed by atoms with van der Waals surface area (Å²) in [6.07, 6.45) is 2.00. The van der Waals surface area contributed by atoms with Gasteiger partial charge in [-0.1, -0.05) is 31.5 Å². The van der Waals surface area contributed by atoms with E-state index in [0.717, 1.165) is 35.1 Å². The molecule has 2 aromatic rings. The highest BCUT2D eigenvalue weighted by Gasteiger charge is 2.23. The third-order valence-electron chi connectivity index (χ3n) is 3.94. The van der Waals surface area contributed by atoms with Crippen molar-refractivity contribution in [2.45, 2.75) is 19.8 Å². The smallest absolute Gasteiger partial charge is 0.153 e. The van der Waals surface area contributed by atoms with E-state index in [-0.39, 0.29) is 11.5 Å². The maximum absolute atomic E-state index is 11.6. The highest BCUT2D eigenvalue weighted by Crippen LogP contribution is 2.28. The molecule has 0 aliphatic carbocycles. The Kier molecular flexibility index (Phi) is 3.85. The number of fused-ring (bicyclic) bond motifs is 1. The van der Waals surface area contributed by atoms with Crippen LogP contribution in [0.25, 0.3) is 10.9 Å². The number of aromatic nitrogens is 1. The fraction of sp³-hybridized carbons (Fsp3) is 0.438. The van der Waals surface area contributed by atoms with Gasteiger partial charge >= 0.3 is 0 Å². The van der Waals surface area contributed by atoms with Crippen LogP contribution in [-0.2, 0) is 16.3 Å². The quantitative estimate of drug-likeness (QED) is 0.874. The summed E-state index contributed by atoms with van der Waals surface area (Å²) in [5.74, 6) is 0.486. The summed E-state index contributed by atoms with van der Waals surface area (Å²) in [4.78, 5) is 6.89. The van der Waals surface area contributed by atoms with Crippen LogP contribution in [0.1, 0.15) is 19.0 Å². The summed E-state index contributed by atoms with van der Waals surface area (Å²) < 4.78 is 23.2. The molecule has 5 heteroatoms.